The molecule has 0 saturated carbocycles. The van der Waals surface area contributed by atoms with Crippen molar-refractivity contribution in [2.24, 2.45) is 5.73 Å². The number of aromatic nitrogens is 2. The lowest BCUT2D eigenvalue weighted by atomic mass is 10.1. The van der Waals surface area contributed by atoms with E-state index < -0.39 is 17.2 Å². The average Bonchev–Trinajstić information content (AvgIpc) is 3.24. The van der Waals surface area contributed by atoms with Gasteiger partial charge in [0, 0.05) is 31.6 Å². The van der Waals surface area contributed by atoms with Crippen molar-refractivity contribution in [3.63, 3.8) is 0 Å². The number of carbonyl (C=O) groups is 2. The van der Waals surface area contributed by atoms with Gasteiger partial charge < -0.3 is 30.9 Å². The molecule has 1 atom stereocenters. The molecule has 2 aromatic heterocycles. The fourth-order valence-corrected chi connectivity index (χ4v) is 6.40. The number of guanidine groups is 1. The van der Waals surface area contributed by atoms with Gasteiger partial charge in [0.1, 0.15) is 16.4 Å². The number of anilines is 3. The minimum atomic E-state index is -1.32. The molecule has 2 aliphatic rings. The highest BCUT2D eigenvalue weighted by Crippen LogP contribution is 2.46. The molecule has 4 heterocycles. The van der Waals surface area contributed by atoms with Crippen molar-refractivity contribution in [1.29, 1.82) is 5.41 Å². The lowest BCUT2D eigenvalue weighted by Gasteiger charge is -2.37. The summed E-state index contributed by atoms with van der Waals surface area (Å²) in [4.78, 5) is 44.8. The van der Waals surface area contributed by atoms with Crippen molar-refractivity contribution in [2.75, 3.05) is 48.3 Å². The van der Waals surface area contributed by atoms with Crippen LogP contribution in [0.3, 0.4) is 0 Å². The van der Waals surface area contributed by atoms with Gasteiger partial charge in [-0.3, -0.25) is 19.9 Å². The predicted octanol–water partition coefficient (Wildman–Crippen LogP) is 1.99. The van der Waals surface area contributed by atoms with E-state index in [0.717, 1.165) is 17.4 Å². The van der Waals surface area contributed by atoms with Crippen molar-refractivity contribution >= 4 is 67.7 Å². The summed E-state index contributed by atoms with van der Waals surface area (Å²) in [6, 6.07) is 2.75. The van der Waals surface area contributed by atoms with Crippen LogP contribution in [0, 0.1) is 11.2 Å². The summed E-state index contributed by atoms with van der Waals surface area (Å²) in [6.45, 7) is 4.00. The van der Waals surface area contributed by atoms with E-state index in [1.165, 1.54) is 18.0 Å². The van der Waals surface area contributed by atoms with Gasteiger partial charge in [0.2, 0.25) is 11.3 Å². The molecule has 6 N–H and O–H groups in total. The molecule has 0 spiro atoms. The monoisotopic (exact) mass is 546 g/mol. The summed E-state index contributed by atoms with van der Waals surface area (Å²) in [5, 5.41) is 23.4. The average molecular weight is 547 g/mol. The van der Waals surface area contributed by atoms with Gasteiger partial charge in [0.25, 0.3) is 0 Å². The zero-order valence-corrected chi connectivity index (χ0v) is 21.2. The van der Waals surface area contributed by atoms with E-state index in [1.54, 1.807) is 10.6 Å². The zero-order valence-electron chi connectivity index (χ0n) is 19.6. The summed E-state index contributed by atoms with van der Waals surface area (Å²) in [6.07, 6.45) is 1.47. The number of nitrogens with zero attached hydrogens (tertiary/aromatic N) is 4. The molecule has 0 bridgehead atoms. The largest absolute Gasteiger partial charge is 0.477 e. The van der Waals surface area contributed by atoms with Gasteiger partial charge in [-0.05, 0) is 19.1 Å². The number of carboxylic acids is 1. The number of rotatable bonds is 6. The van der Waals surface area contributed by atoms with Gasteiger partial charge in [-0.15, -0.1) is 0 Å². The van der Waals surface area contributed by atoms with Crippen LogP contribution < -0.4 is 26.7 Å². The van der Waals surface area contributed by atoms with Crippen LogP contribution in [0.4, 0.5) is 20.2 Å². The summed E-state index contributed by atoms with van der Waals surface area (Å²) in [5.74, 6) is -2.37. The minimum Gasteiger partial charge on any atom is -0.477 e. The normalized spacial score (nSPS) is 17.2. The molecule has 37 heavy (non-hydrogen) atoms. The van der Waals surface area contributed by atoms with Gasteiger partial charge in [-0.1, -0.05) is 23.1 Å². The lowest BCUT2D eigenvalue weighted by molar-refractivity contribution is -0.117. The first-order valence-corrected chi connectivity index (χ1v) is 13.0. The number of aromatic carboxylic acids is 1. The van der Waals surface area contributed by atoms with Crippen molar-refractivity contribution in [1.82, 2.24) is 14.5 Å². The first-order chi connectivity index (χ1) is 17.6. The smallest absolute Gasteiger partial charge is 0.342 e. The third-order valence-corrected chi connectivity index (χ3v) is 8.18. The second-order valence-electron chi connectivity index (χ2n) is 8.60. The number of halogens is 1. The molecule has 194 valence electrons. The van der Waals surface area contributed by atoms with Crippen molar-refractivity contribution in [3.8, 4) is 0 Å². The Hall–Kier alpha value is -3.69. The maximum absolute atomic E-state index is 15.1. The molecule has 3 aromatic rings. The molecule has 1 aromatic carbocycles. The number of nitrogens with one attached hydrogen (secondary N) is 3. The predicted molar refractivity (Wildman–Crippen MR) is 141 cm³/mol. The summed E-state index contributed by atoms with van der Waals surface area (Å²) < 4.78 is 16.9. The number of fused-ring (bicyclic) bond motifs is 3. The van der Waals surface area contributed by atoms with Gasteiger partial charge in [0.05, 0.1) is 34.3 Å². The Labute approximate surface area is 217 Å². The summed E-state index contributed by atoms with van der Waals surface area (Å²) >= 11 is 2.46. The maximum atomic E-state index is 15.1. The number of benzene rings is 1. The van der Waals surface area contributed by atoms with Crippen LogP contribution >= 0.6 is 23.1 Å². The molecule has 5 rings (SSSR count). The van der Waals surface area contributed by atoms with Crippen LogP contribution in [0.1, 0.15) is 22.7 Å². The Bertz CT molecular complexity index is 1500. The van der Waals surface area contributed by atoms with Gasteiger partial charge in [0.15, 0.2) is 11.1 Å². The van der Waals surface area contributed by atoms with E-state index in [0.29, 0.717) is 52.5 Å². The fourth-order valence-electron chi connectivity index (χ4n) is 4.50. The minimum absolute atomic E-state index is 0.0497. The summed E-state index contributed by atoms with van der Waals surface area (Å²) in [7, 11) is 0. The first-order valence-electron chi connectivity index (χ1n) is 11.3. The Kier molecular flexibility index (Phi) is 6.51. The fraction of sp³-hybridized carbons (Fsp3) is 0.318. The Morgan fingerprint density at radius 3 is 2.65 bits per heavy atom. The molecule has 1 unspecified atom stereocenters. The zero-order chi connectivity index (χ0) is 26.4. The molecule has 0 radical (unpaired) electrons. The van der Waals surface area contributed by atoms with E-state index >= 15 is 4.39 Å². The second kappa shape index (κ2) is 9.64. The first kappa shape index (κ1) is 25.0. The lowest BCUT2D eigenvalue weighted by Crippen LogP contribution is -2.49. The van der Waals surface area contributed by atoms with E-state index in [9.17, 15) is 19.5 Å². The van der Waals surface area contributed by atoms with Crippen molar-refractivity contribution < 1.29 is 19.1 Å². The van der Waals surface area contributed by atoms with Gasteiger partial charge >= 0.3 is 5.97 Å². The van der Waals surface area contributed by atoms with E-state index in [4.69, 9.17) is 11.1 Å². The quantitative estimate of drug-likeness (QED) is 0.228. The number of hydrogen-bond acceptors (Lipinski definition) is 9. The Morgan fingerprint density at radius 2 is 2.00 bits per heavy atom. The van der Waals surface area contributed by atoms with Crippen LogP contribution in [0.2, 0.25) is 0 Å². The number of thiazole rings is 1. The maximum Gasteiger partial charge on any atom is 0.342 e. The van der Waals surface area contributed by atoms with Crippen LogP contribution in [0.5, 0.6) is 0 Å². The summed E-state index contributed by atoms with van der Waals surface area (Å²) in [5.41, 5.74) is 5.13. The number of thioether (sulfide) groups is 1. The van der Waals surface area contributed by atoms with Crippen molar-refractivity contribution in [2.45, 2.75) is 17.3 Å². The van der Waals surface area contributed by atoms with Crippen molar-refractivity contribution in [3.05, 3.63) is 39.9 Å². The number of piperazine rings is 1. The third kappa shape index (κ3) is 4.72. The van der Waals surface area contributed by atoms with Gasteiger partial charge in [-0.25, -0.2) is 14.2 Å². The second-order valence-corrected chi connectivity index (χ2v) is 10.9. The van der Waals surface area contributed by atoms with Gasteiger partial charge in [-0.2, -0.15) is 0 Å². The molecular formula is C22H23FN8O4S2. The standard InChI is InChI=1S/C22H23FN8O4S2/c1-10-31-13-7-14(12(23)6-11(13)18(33)17(20(34)35)19(31)36-10)30-4-2-29(3-5-30)9-15(32)27-22-26-8-16(37-22)28-21(24)25/h6-8,10H,2-5,9H2,1H3,(H,34,35)(H4,24,25,28)(H,26,27,32). The molecule has 2 aliphatic heterocycles. The molecule has 1 saturated heterocycles. The Morgan fingerprint density at radius 1 is 1.27 bits per heavy atom. The Balaban J connectivity index is 1.27. The number of nitrogens with two attached hydrogens (primary N) is 1. The number of amides is 1. The molecule has 12 nitrogen and oxygen atoms in total. The molecule has 15 heteroatoms. The third-order valence-electron chi connectivity index (χ3n) is 6.18. The molecule has 1 amide bonds. The molecule has 1 fully saturated rings. The number of hydrogen-bond donors (Lipinski definition) is 5. The SMILES string of the molecule is CC1Sc2c(C(=O)O)c(=O)c3cc(F)c(N4CCN(CC(=O)Nc5ncc(NC(=N)N)s5)CC4)cc3n21. The topological polar surface area (TPSA) is 170 Å². The van der Waals surface area contributed by atoms with E-state index in [-0.39, 0.29) is 34.7 Å². The highest BCUT2D eigenvalue weighted by molar-refractivity contribution is 8.00. The number of carboxylic acid groups (broad SMARTS) is 1. The molecule has 0 aliphatic carbocycles. The number of pyridine rings is 1. The highest BCUT2D eigenvalue weighted by atomic mass is 32.2. The van der Waals surface area contributed by atoms with Crippen LogP contribution in [0.25, 0.3) is 10.9 Å². The highest BCUT2D eigenvalue weighted by Gasteiger charge is 2.33. The van der Waals surface area contributed by atoms with Crippen LogP contribution in [0.15, 0.2) is 28.2 Å². The van der Waals surface area contributed by atoms with E-state index in [1.807, 2.05) is 16.7 Å². The molecular weight excluding hydrogens is 523 g/mol. The van der Waals surface area contributed by atoms with Crippen LogP contribution in [-0.4, -0.2) is 70.1 Å². The van der Waals surface area contributed by atoms with Crippen LogP contribution in [-0.2, 0) is 4.79 Å². The number of carbonyl (C=O) groups excluding carboxylic acids is 1. The van der Waals surface area contributed by atoms with E-state index in [2.05, 4.69) is 15.6 Å².